The molecule has 2 N–H and O–H groups in total. The van der Waals surface area contributed by atoms with Crippen LogP contribution >= 0.6 is 0 Å². The average molecular weight is 205 g/mol. The van der Waals surface area contributed by atoms with E-state index in [9.17, 15) is 0 Å². The minimum absolute atomic E-state index is 0.487. The van der Waals surface area contributed by atoms with Gasteiger partial charge in [-0.3, -0.25) is 0 Å². The number of nitrogens with two attached hydrogens (primary N) is 1. The molecule has 1 aromatic heterocycles. The Kier molecular flexibility index (Phi) is 2.85. The van der Waals surface area contributed by atoms with E-state index in [1.54, 1.807) is 6.07 Å². The van der Waals surface area contributed by atoms with Crippen LogP contribution in [0.25, 0.3) is 0 Å². The van der Waals surface area contributed by atoms with Crippen molar-refractivity contribution < 1.29 is 4.74 Å². The molecule has 0 radical (unpaired) electrons. The van der Waals surface area contributed by atoms with E-state index in [1.807, 2.05) is 6.08 Å². The van der Waals surface area contributed by atoms with Gasteiger partial charge in [0.05, 0.1) is 6.61 Å². The van der Waals surface area contributed by atoms with Gasteiger partial charge in [-0.25, -0.2) is 4.98 Å². The van der Waals surface area contributed by atoms with Crippen molar-refractivity contribution in [1.82, 2.24) is 9.97 Å². The number of hydrogen-bond donors (Lipinski definition) is 1. The fourth-order valence-corrected chi connectivity index (χ4v) is 1.31. The van der Waals surface area contributed by atoms with Crippen LogP contribution in [0.2, 0.25) is 0 Å². The Bertz CT molecular complexity index is 361. The van der Waals surface area contributed by atoms with Crippen molar-refractivity contribution >= 4 is 5.82 Å². The molecule has 0 atom stereocenters. The molecule has 0 aliphatic heterocycles. The zero-order chi connectivity index (χ0) is 10.7. The van der Waals surface area contributed by atoms with Gasteiger partial charge in [0.2, 0.25) is 5.88 Å². The maximum atomic E-state index is 5.68. The summed E-state index contributed by atoms with van der Waals surface area (Å²) in [6, 6.07) is 1.66. The fraction of sp³-hybridized carbons (Fsp3) is 0.455. The summed E-state index contributed by atoms with van der Waals surface area (Å²) in [5.41, 5.74) is 5.68. The molecule has 1 heterocycles. The molecule has 0 unspecified atom stereocenters. The number of ether oxygens (including phenoxy) is 1. The second-order valence-electron chi connectivity index (χ2n) is 3.69. The van der Waals surface area contributed by atoms with Crippen LogP contribution in [0.5, 0.6) is 5.88 Å². The molecule has 1 fully saturated rings. The van der Waals surface area contributed by atoms with E-state index in [0.717, 1.165) is 25.1 Å². The molecule has 0 amide bonds. The van der Waals surface area contributed by atoms with Crippen LogP contribution in [0.15, 0.2) is 18.7 Å². The molecule has 1 aromatic rings. The molecular weight excluding hydrogens is 190 g/mol. The number of anilines is 1. The van der Waals surface area contributed by atoms with Gasteiger partial charge in [0.15, 0.2) is 0 Å². The van der Waals surface area contributed by atoms with Gasteiger partial charge in [-0.05, 0) is 19.3 Å². The van der Waals surface area contributed by atoms with Gasteiger partial charge >= 0.3 is 0 Å². The maximum Gasteiger partial charge on any atom is 0.218 e. The summed E-state index contributed by atoms with van der Waals surface area (Å²) in [6.07, 6.45) is 4.94. The second kappa shape index (κ2) is 4.29. The molecule has 0 spiro atoms. The predicted molar refractivity (Wildman–Crippen MR) is 58.7 cm³/mol. The highest BCUT2D eigenvalue weighted by Gasteiger charge is 2.27. The normalized spacial score (nSPS) is 14.9. The monoisotopic (exact) mass is 205 g/mol. The number of hydrogen-bond acceptors (Lipinski definition) is 4. The number of aromatic nitrogens is 2. The third-order valence-corrected chi connectivity index (χ3v) is 2.25. The molecule has 0 saturated heterocycles. The summed E-state index contributed by atoms with van der Waals surface area (Å²) in [4.78, 5) is 8.51. The van der Waals surface area contributed by atoms with E-state index in [-0.39, 0.29) is 0 Å². The van der Waals surface area contributed by atoms with Gasteiger partial charge in [-0.2, -0.15) is 4.98 Å². The van der Waals surface area contributed by atoms with Gasteiger partial charge < -0.3 is 10.5 Å². The molecule has 1 aliphatic rings. The smallest absolute Gasteiger partial charge is 0.218 e. The van der Waals surface area contributed by atoms with Crippen molar-refractivity contribution in [1.29, 1.82) is 0 Å². The van der Waals surface area contributed by atoms with Crippen LogP contribution in [0.1, 0.15) is 31.0 Å². The molecule has 0 bridgehead atoms. The summed E-state index contributed by atoms with van der Waals surface area (Å²) < 4.78 is 5.44. The van der Waals surface area contributed by atoms with Crippen LogP contribution in [-0.2, 0) is 0 Å². The lowest BCUT2D eigenvalue weighted by Crippen LogP contribution is -2.03. The van der Waals surface area contributed by atoms with Gasteiger partial charge in [0.25, 0.3) is 0 Å². The first-order valence-corrected chi connectivity index (χ1v) is 5.17. The lowest BCUT2D eigenvalue weighted by molar-refractivity contribution is 0.311. The Morgan fingerprint density at radius 3 is 3.00 bits per heavy atom. The van der Waals surface area contributed by atoms with Crippen molar-refractivity contribution in [3.63, 3.8) is 0 Å². The highest BCUT2D eigenvalue weighted by molar-refractivity contribution is 5.34. The van der Waals surface area contributed by atoms with Crippen LogP contribution in [0.3, 0.4) is 0 Å². The summed E-state index contributed by atoms with van der Waals surface area (Å²) in [5, 5.41) is 0. The van der Waals surface area contributed by atoms with Gasteiger partial charge in [-0.15, -0.1) is 6.58 Å². The summed E-state index contributed by atoms with van der Waals surface area (Å²) in [5.74, 6) is 2.38. The Morgan fingerprint density at radius 2 is 2.33 bits per heavy atom. The number of nitrogens with zero attached hydrogens (tertiary/aromatic N) is 2. The SMILES string of the molecule is C=CCCOc1cc(N)nc(C2CC2)n1. The molecule has 80 valence electrons. The van der Waals surface area contributed by atoms with Gasteiger partial charge in [0, 0.05) is 12.0 Å². The molecule has 15 heavy (non-hydrogen) atoms. The van der Waals surface area contributed by atoms with Crippen molar-refractivity contribution in [2.45, 2.75) is 25.2 Å². The van der Waals surface area contributed by atoms with E-state index in [1.165, 1.54) is 0 Å². The van der Waals surface area contributed by atoms with Crippen molar-refractivity contribution in [3.8, 4) is 5.88 Å². The van der Waals surface area contributed by atoms with E-state index >= 15 is 0 Å². The summed E-state index contributed by atoms with van der Waals surface area (Å²) in [6.45, 7) is 4.22. The first-order chi connectivity index (χ1) is 7.29. The molecule has 4 heteroatoms. The largest absolute Gasteiger partial charge is 0.477 e. The van der Waals surface area contributed by atoms with E-state index in [0.29, 0.717) is 24.2 Å². The third kappa shape index (κ3) is 2.68. The number of nitrogen functional groups attached to an aromatic ring is 1. The molecular formula is C11H15N3O. The van der Waals surface area contributed by atoms with E-state index in [4.69, 9.17) is 10.5 Å². The van der Waals surface area contributed by atoms with Crippen LogP contribution in [-0.4, -0.2) is 16.6 Å². The average Bonchev–Trinajstić information content (AvgIpc) is 3.00. The van der Waals surface area contributed by atoms with E-state index in [2.05, 4.69) is 16.5 Å². The minimum Gasteiger partial charge on any atom is -0.477 e. The van der Waals surface area contributed by atoms with E-state index < -0.39 is 0 Å². The number of rotatable bonds is 5. The molecule has 1 aliphatic carbocycles. The van der Waals surface area contributed by atoms with Crippen molar-refractivity contribution in [2.75, 3.05) is 12.3 Å². The quantitative estimate of drug-likeness (QED) is 0.589. The minimum atomic E-state index is 0.487. The summed E-state index contributed by atoms with van der Waals surface area (Å²) in [7, 11) is 0. The lowest BCUT2D eigenvalue weighted by atomic mass is 10.4. The first-order valence-electron chi connectivity index (χ1n) is 5.17. The van der Waals surface area contributed by atoms with Gasteiger partial charge in [0.1, 0.15) is 11.6 Å². The van der Waals surface area contributed by atoms with Crippen LogP contribution < -0.4 is 10.5 Å². The van der Waals surface area contributed by atoms with Gasteiger partial charge in [-0.1, -0.05) is 6.08 Å². The van der Waals surface area contributed by atoms with Crippen molar-refractivity contribution in [2.24, 2.45) is 0 Å². The zero-order valence-corrected chi connectivity index (χ0v) is 8.65. The zero-order valence-electron chi connectivity index (χ0n) is 8.65. The maximum absolute atomic E-state index is 5.68. The lowest BCUT2D eigenvalue weighted by Gasteiger charge is -2.06. The molecule has 4 nitrogen and oxygen atoms in total. The molecule has 1 saturated carbocycles. The van der Waals surface area contributed by atoms with Crippen LogP contribution in [0.4, 0.5) is 5.82 Å². The molecule has 2 rings (SSSR count). The Balaban J connectivity index is 2.05. The highest BCUT2D eigenvalue weighted by Crippen LogP contribution is 2.38. The van der Waals surface area contributed by atoms with Crippen molar-refractivity contribution in [3.05, 3.63) is 24.5 Å². The Morgan fingerprint density at radius 1 is 1.53 bits per heavy atom. The van der Waals surface area contributed by atoms with Crippen LogP contribution in [0, 0.1) is 0 Å². The Hall–Kier alpha value is -1.58. The first kappa shape index (κ1) is 9.96. The highest BCUT2D eigenvalue weighted by atomic mass is 16.5. The second-order valence-corrected chi connectivity index (χ2v) is 3.69. The molecule has 0 aromatic carbocycles. The topological polar surface area (TPSA) is 61.0 Å². The predicted octanol–water partition coefficient (Wildman–Crippen LogP) is 1.89. The standard InChI is InChI=1S/C11H15N3O/c1-2-3-6-15-10-7-9(12)13-11(14-10)8-4-5-8/h2,7-8H,1,3-6H2,(H2,12,13,14). The summed E-state index contributed by atoms with van der Waals surface area (Å²) >= 11 is 0. The fourth-order valence-electron chi connectivity index (χ4n) is 1.31. The third-order valence-electron chi connectivity index (χ3n) is 2.25. The Labute approximate surface area is 89.2 Å².